The highest BCUT2D eigenvalue weighted by atomic mass is 19.1. The van der Waals surface area contributed by atoms with Gasteiger partial charge in [0.25, 0.3) is 0 Å². The molecule has 0 atom stereocenters. The fourth-order valence-electron chi connectivity index (χ4n) is 2.06. The van der Waals surface area contributed by atoms with Crippen LogP contribution in [0, 0.1) is 31.3 Å². The maximum absolute atomic E-state index is 13.5. The topological polar surface area (TPSA) is 18.5 Å². The van der Waals surface area contributed by atoms with E-state index in [-0.39, 0.29) is 18.2 Å². The standard InChI is InChI=1S/C17H17F3O2.2C2H6/c1-11-8-13(18)4-5-16(11)21-6-3-7-22-17-12(2)9-14(19)10-15(17)20;2*1-2/h4-5,8-10H,3,6-7H2,1-2H3;2*1-2H3. The Bertz CT molecular complexity index is 635. The van der Waals surface area contributed by atoms with Crippen molar-refractivity contribution in [1.29, 1.82) is 0 Å². The Kier molecular flexibility index (Phi) is 12.0. The Labute approximate surface area is 155 Å². The summed E-state index contributed by atoms with van der Waals surface area (Å²) < 4.78 is 50.3. The van der Waals surface area contributed by atoms with E-state index in [1.807, 2.05) is 27.7 Å². The van der Waals surface area contributed by atoms with Crippen LogP contribution in [0.5, 0.6) is 11.5 Å². The molecule has 0 aliphatic rings. The van der Waals surface area contributed by atoms with Gasteiger partial charge in [-0.2, -0.15) is 0 Å². The lowest BCUT2D eigenvalue weighted by Gasteiger charge is -2.12. The van der Waals surface area contributed by atoms with Crippen molar-refractivity contribution in [3.05, 3.63) is 58.9 Å². The highest BCUT2D eigenvalue weighted by Crippen LogP contribution is 2.23. The van der Waals surface area contributed by atoms with Crippen LogP contribution < -0.4 is 9.47 Å². The van der Waals surface area contributed by atoms with Crippen molar-refractivity contribution in [3.63, 3.8) is 0 Å². The van der Waals surface area contributed by atoms with Crippen LogP contribution in [0.4, 0.5) is 13.2 Å². The molecule has 2 rings (SSSR count). The quantitative estimate of drug-likeness (QED) is 0.532. The maximum atomic E-state index is 13.5. The van der Waals surface area contributed by atoms with Gasteiger partial charge < -0.3 is 9.47 Å². The van der Waals surface area contributed by atoms with Gasteiger partial charge in [0.1, 0.15) is 17.4 Å². The molecule has 0 aliphatic carbocycles. The van der Waals surface area contributed by atoms with Crippen molar-refractivity contribution >= 4 is 0 Å². The first-order chi connectivity index (χ1) is 12.5. The molecule has 0 heterocycles. The molecule has 26 heavy (non-hydrogen) atoms. The second kappa shape index (κ2) is 13.1. The van der Waals surface area contributed by atoms with Gasteiger partial charge in [-0.25, -0.2) is 13.2 Å². The van der Waals surface area contributed by atoms with Crippen LogP contribution in [0.25, 0.3) is 0 Å². The molecule has 0 spiro atoms. The second-order valence-electron chi connectivity index (χ2n) is 4.99. The van der Waals surface area contributed by atoms with Gasteiger partial charge in [-0.1, -0.05) is 27.7 Å². The minimum absolute atomic E-state index is 0.0550. The molecule has 0 aromatic heterocycles. The lowest BCUT2D eigenvalue weighted by atomic mass is 10.2. The smallest absolute Gasteiger partial charge is 0.168 e. The lowest BCUT2D eigenvalue weighted by Crippen LogP contribution is -2.07. The number of ether oxygens (including phenoxy) is 2. The molecule has 2 aromatic carbocycles. The largest absolute Gasteiger partial charge is 0.493 e. The first-order valence-electron chi connectivity index (χ1n) is 8.95. The van der Waals surface area contributed by atoms with E-state index in [1.165, 1.54) is 18.2 Å². The number of rotatable bonds is 6. The van der Waals surface area contributed by atoms with Crippen molar-refractivity contribution < 1.29 is 22.6 Å². The molecule has 146 valence electrons. The van der Waals surface area contributed by atoms with Gasteiger partial charge >= 0.3 is 0 Å². The normalized spacial score (nSPS) is 9.42. The van der Waals surface area contributed by atoms with Gasteiger partial charge in [-0.05, 0) is 49.2 Å². The predicted molar refractivity (Wildman–Crippen MR) is 101 cm³/mol. The van der Waals surface area contributed by atoms with E-state index in [9.17, 15) is 13.2 Å². The van der Waals surface area contributed by atoms with E-state index in [0.29, 0.717) is 29.9 Å². The first-order valence-corrected chi connectivity index (χ1v) is 8.95. The van der Waals surface area contributed by atoms with Gasteiger partial charge in [-0.15, -0.1) is 0 Å². The molecule has 2 nitrogen and oxygen atoms in total. The molecule has 0 aliphatic heterocycles. The Morgan fingerprint density at radius 3 is 1.88 bits per heavy atom. The van der Waals surface area contributed by atoms with E-state index in [4.69, 9.17) is 9.47 Å². The predicted octanol–water partition coefficient (Wildman–Crippen LogP) is 6.62. The third-order valence-corrected chi connectivity index (χ3v) is 3.12. The summed E-state index contributed by atoms with van der Waals surface area (Å²) in [4.78, 5) is 0. The van der Waals surface area contributed by atoms with E-state index < -0.39 is 11.6 Å². The van der Waals surface area contributed by atoms with Crippen LogP contribution in [-0.4, -0.2) is 13.2 Å². The van der Waals surface area contributed by atoms with Crippen molar-refractivity contribution in [3.8, 4) is 11.5 Å². The number of aryl methyl sites for hydroxylation is 2. The van der Waals surface area contributed by atoms with Crippen molar-refractivity contribution in [2.45, 2.75) is 48.0 Å². The van der Waals surface area contributed by atoms with E-state index in [0.717, 1.165) is 6.07 Å². The summed E-state index contributed by atoms with van der Waals surface area (Å²) in [6.07, 6.45) is 0.521. The number of halogens is 3. The van der Waals surface area contributed by atoms with Gasteiger partial charge in [0.05, 0.1) is 13.2 Å². The fraction of sp³-hybridized carbons (Fsp3) is 0.429. The molecule has 0 N–H and O–H groups in total. The third kappa shape index (κ3) is 7.81. The molecule has 0 unspecified atom stereocenters. The van der Waals surface area contributed by atoms with Gasteiger partial charge in [0.15, 0.2) is 11.6 Å². The molecule has 0 radical (unpaired) electrons. The molecule has 2 aromatic rings. The Morgan fingerprint density at radius 1 is 0.731 bits per heavy atom. The van der Waals surface area contributed by atoms with Crippen LogP contribution in [0.1, 0.15) is 45.2 Å². The van der Waals surface area contributed by atoms with Gasteiger partial charge in [0.2, 0.25) is 0 Å². The highest BCUT2D eigenvalue weighted by Gasteiger charge is 2.09. The molecular formula is C21H29F3O2. The summed E-state index contributed by atoms with van der Waals surface area (Å²) in [5.41, 5.74) is 1.12. The summed E-state index contributed by atoms with van der Waals surface area (Å²) in [6, 6.07) is 6.30. The summed E-state index contributed by atoms with van der Waals surface area (Å²) in [5.74, 6) is -0.995. The number of hydrogen-bond acceptors (Lipinski definition) is 2. The molecule has 0 bridgehead atoms. The minimum atomic E-state index is -0.715. The minimum Gasteiger partial charge on any atom is -0.493 e. The van der Waals surface area contributed by atoms with E-state index in [2.05, 4.69) is 0 Å². The Balaban J connectivity index is 0.00000146. The average Bonchev–Trinajstić information content (AvgIpc) is 2.61. The van der Waals surface area contributed by atoms with Gasteiger partial charge in [-0.3, -0.25) is 0 Å². The summed E-state index contributed by atoms with van der Waals surface area (Å²) in [6.45, 7) is 11.9. The Hall–Kier alpha value is -2.17. The number of benzene rings is 2. The van der Waals surface area contributed by atoms with Crippen LogP contribution in [0.2, 0.25) is 0 Å². The zero-order valence-corrected chi connectivity index (χ0v) is 16.5. The summed E-state index contributed by atoms with van der Waals surface area (Å²) >= 11 is 0. The van der Waals surface area contributed by atoms with Crippen LogP contribution >= 0.6 is 0 Å². The fourth-order valence-corrected chi connectivity index (χ4v) is 2.06. The van der Waals surface area contributed by atoms with Crippen LogP contribution in [-0.2, 0) is 0 Å². The van der Waals surface area contributed by atoms with Crippen molar-refractivity contribution in [2.24, 2.45) is 0 Å². The average molecular weight is 370 g/mol. The van der Waals surface area contributed by atoms with E-state index >= 15 is 0 Å². The first kappa shape index (κ1) is 23.8. The monoisotopic (exact) mass is 370 g/mol. The lowest BCUT2D eigenvalue weighted by molar-refractivity contribution is 0.239. The highest BCUT2D eigenvalue weighted by molar-refractivity contribution is 5.34. The van der Waals surface area contributed by atoms with E-state index in [1.54, 1.807) is 19.9 Å². The van der Waals surface area contributed by atoms with Crippen LogP contribution in [0.3, 0.4) is 0 Å². The van der Waals surface area contributed by atoms with Crippen LogP contribution in [0.15, 0.2) is 30.3 Å². The summed E-state index contributed by atoms with van der Waals surface area (Å²) in [5, 5.41) is 0. The van der Waals surface area contributed by atoms with Gasteiger partial charge in [0, 0.05) is 12.5 Å². The second-order valence-corrected chi connectivity index (χ2v) is 4.99. The zero-order chi connectivity index (χ0) is 20.1. The van der Waals surface area contributed by atoms with Crippen molar-refractivity contribution in [2.75, 3.05) is 13.2 Å². The SMILES string of the molecule is CC.CC.Cc1cc(F)ccc1OCCCOc1c(C)cc(F)cc1F. The maximum Gasteiger partial charge on any atom is 0.168 e. The molecule has 5 heteroatoms. The molecule has 0 saturated heterocycles. The number of hydrogen-bond donors (Lipinski definition) is 0. The Morgan fingerprint density at radius 2 is 1.31 bits per heavy atom. The zero-order valence-electron chi connectivity index (χ0n) is 16.5. The molecule has 0 fully saturated rings. The molecular weight excluding hydrogens is 341 g/mol. The molecule has 0 amide bonds. The third-order valence-electron chi connectivity index (χ3n) is 3.12. The summed E-state index contributed by atoms with van der Waals surface area (Å²) in [7, 11) is 0. The van der Waals surface area contributed by atoms with Crippen molar-refractivity contribution in [1.82, 2.24) is 0 Å². The molecule has 0 saturated carbocycles.